The molecule has 0 bridgehead atoms. The molecule has 0 radical (unpaired) electrons. The van der Waals surface area contributed by atoms with Gasteiger partial charge in [-0.3, -0.25) is 0 Å². The molecule has 1 rings (SSSR count). The van der Waals surface area contributed by atoms with Crippen LogP contribution in [-0.4, -0.2) is 5.54 Å². The van der Waals surface area contributed by atoms with Gasteiger partial charge in [-0.25, -0.2) is 4.39 Å². The first kappa shape index (κ1) is 12.2. The Balaban J connectivity index is 2.68. The van der Waals surface area contributed by atoms with Crippen LogP contribution < -0.4 is 5.73 Å². The first-order chi connectivity index (χ1) is 6.89. The van der Waals surface area contributed by atoms with E-state index in [1.165, 1.54) is 6.07 Å². The van der Waals surface area contributed by atoms with Crippen LogP contribution in [0.5, 0.6) is 0 Å². The molecule has 0 unspecified atom stereocenters. The Bertz CT molecular complexity index is 318. The van der Waals surface area contributed by atoms with Crippen LogP contribution >= 0.6 is 0 Å². The van der Waals surface area contributed by atoms with E-state index in [2.05, 4.69) is 13.8 Å². The lowest BCUT2D eigenvalue weighted by atomic mass is 9.86. The number of rotatable bonds is 4. The second-order valence-corrected chi connectivity index (χ2v) is 5.06. The Morgan fingerprint density at radius 1 is 1.40 bits per heavy atom. The summed E-state index contributed by atoms with van der Waals surface area (Å²) >= 11 is 0. The summed E-state index contributed by atoms with van der Waals surface area (Å²) in [6.45, 7) is 6.32. The topological polar surface area (TPSA) is 26.0 Å². The van der Waals surface area contributed by atoms with Gasteiger partial charge in [-0.2, -0.15) is 0 Å². The van der Waals surface area contributed by atoms with E-state index in [0.29, 0.717) is 5.92 Å². The van der Waals surface area contributed by atoms with Crippen molar-refractivity contribution in [2.45, 2.75) is 39.2 Å². The van der Waals surface area contributed by atoms with Crippen LogP contribution in [0.4, 0.5) is 4.39 Å². The summed E-state index contributed by atoms with van der Waals surface area (Å²) in [6.07, 6.45) is 1.67. The van der Waals surface area contributed by atoms with Crippen molar-refractivity contribution in [3.05, 3.63) is 35.6 Å². The summed E-state index contributed by atoms with van der Waals surface area (Å²) in [6, 6.07) is 6.68. The Hall–Kier alpha value is -0.890. The highest BCUT2D eigenvalue weighted by Crippen LogP contribution is 2.19. The van der Waals surface area contributed by atoms with Crippen LogP contribution in [0.25, 0.3) is 0 Å². The molecule has 15 heavy (non-hydrogen) atoms. The van der Waals surface area contributed by atoms with E-state index in [-0.39, 0.29) is 11.4 Å². The SMILES string of the molecule is CC(C)C[C@](C)(N)Cc1cccc(F)c1. The van der Waals surface area contributed by atoms with Gasteiger partial charge in [0.05, 0.1) is 0 Å². The summed E-state index contributed by atoms with van der Waals surface area (Å²) < 4.78 is 13.0. The van der Waals surface area contributed by atoms with E-state index < -0.39 is 0 Å². The van der Waals surface area contributed by atoms with Gasteiger partial charge in [0, 0.05) is 5.54 Å². The van der Waals surface area contributed by atoms with Gasteiger partial charge in [0.15, 0.2) is 0 Å². The zero-order chi connectivity index (χ0) is 11.5. The van der Waals surface area contributed by atoms with Crippen molar-refractivity contribution >= 4 is 0 Å². The Morgan fingerprint density at radius 3 is 2.60 bits per heavy atom. The average molecular weight is 209 g/mol. The van der Waals surface area contributed by atoms with Crippen molar-refractivity contribution in [2.24, 2.45) is 11.7 Å². The molecule has 0 amide bonds. The van der Waals surface area contributed by atoms with Gasteiger partial charge in [0.2, 0.25) is 0 Å². The summed E-state index contributed by atoms with van der Waals surface area (Å²) in [5, 5.41) is 0. The van der Waals surface area contributed by atoms with Crippen molar-refractivity contribution in [3.8, 4) is 0 Å². The first-order valence-corrected chi connectivity index (χ1v) is 5.42. The van der Waals surface area contributed by atoms with Gasteiger partial charge in [0.1, 0.15) is 5.82 Å². The molecule has 0 spiro atoms. The lowest BCUT2D eigenvalue weighted by molar-refractivity contribution is 0.367. The molecule has 0 aliphatic heterocycles. The molecule has 0 aliphatic rings. The zero-order valence-electron chi connectivity index (χ0n) is 9.76. The van der Waals surface area contributed by atoms with Crippen molar-refractivity contribution in [2.75, 3.05) is 0 Å². The van der Waals surface area contributed by atoms with Crippen molar-refractivity contribution < 1.29 is 4.39 Å². The molecule has 1 aromatic carbocycles. The molecule has 0 aliphatic carbocycles. The summed E-state index contributed by atoms with van der Waals surface area (Å²) in [4.78, 5) is 0. The molecule has 0 fully saturated rings. The van der Waals surface area contributed by atoms with Gasteiger partial charge >= 0.3 is 0 Å². The molecular formula is C13H20FN. The second-order valence-electron chi connectivity index (χ2n) is 5.06. The predicted molar refractivity (Wildman–Crippen MR) is 62.2 cm³/mol. The smallest absolute Gasteiger partial charge is 0.123 e. The lowest BCUT2D eigenvalue weighted by Gasteiger charge is -2.26. The molecule has 2 heteroatoms. The van der Waals surface area contributed by atoms with Crippen LogP contribution in [-0.2, 0) is 6.42 Å². The number of benzene rings is 1. The van der Waals surface area contributed by atoms with Gasteiger partial charge in [-0.05, 0) is 43.4 Å². The number of hydrogen-bond donors (Lipinski definition) is 1. The third-order valence-corrected chi connectivity index (χ3v) is 2.37. The van der Waals surface area contributed by atoms with Gasteiger partial charge < -0.3 is 5.73 Å². The van der Waals surface area contributed by atoms with Crippen LogP contribution in [0, 0.1) is 11.7 Å². The molecule has 1 atom stereocenters. The monoisotopic (exact) mass is 209 g/mol. The van der Waals surface area contributed by atoms with Gasteiger partial charge in [-0.15, -0.1) is 0 Å². The summed E-state index contributed by atoms with van der Waals surface area (Å²) in [7, 11) is 0. The van der Waals surface area contributed by atoms with E-state index >= 15 is 0 Å². The van der Waals surface area contributed by atoms with Crippen LogP contribution in [0.1, 0.15) is 32.8 Å². The molecule has 0 saturated carbocycles. The fourth-order valence-electron chi connectivity index (χ4n) is 2.12. The van der Waals surface area contributed by atoms with E-state index in [4.69, 9.17) is 5.73 Å². The van der Waals surface area contributed by atoms with E-state index in [1.807, 2.05) is 13.0 Å². The van der Waals surface area contributed by atoms with Gasteiger partial charge in [-0.1, -0.05) is 26.0 Å². The fourth-order valence-corrected chi connectivity index (χ4v) is 2.12. The maximum absolute atomic E-state index is 13.0. The Labute approximate surface area is 91.5 Å². The first-order valence-electron chi connectivity index (χ1n) is 5.42. The number of hydrogen-bond acceptors (Lipinski definition) is 1. The highest BCUT2D eigenvalue weighted by atomic mass is 19.1. The predicted octanol–water partition coefficient (Wildman–Crippen LogP) is 3.13. The molecule has 84 valence electrons. The highest BCUT2D eigenvalue weighted by molar-refractivity contribution is 5.18. The molecular weight excluding hydrogens is 189 g/mol. The minimum absolute atomic E-state index is 0.187. The summed E-state index contributed by atoms with van der Waals surface area (Å²) in [5.41, 5.74) is 6.90. The van der Waals surface area contributed by atoms with Crippen LogP contribution in [0.15, 0.2) is 24.3 Å². The Morgan fingerprint density at radius 2 is 2.07 bits per heavy atom. The molecule has 2 N–H and O–H groups in total. The highest BCUT2D eigenvalue weighted by Gasteiger charge is 2.20. The molecule has 1 nitrogen and oxygen atoms in total. The van der Waals surface area contributed by atoms with E-state index in [9.17, 15) is 4.39 Å². The third kappa shape index (κ3) is 4.43. The molecule has 1 aromatic rings. The van der Waals surface area contributed by atoms with Crippen LogP contribution in [0.3, 0.4) is 0 Å². The second kappa shape index (κ2) is 4.75. The maximum atomic E-state index is 13.0. The molecule has 0 heterocycles. The van der Waals surface area contributed by atoms with Crippen molar-refractivity contribution in [1.29, 1.82) is 0 Å². The van der Waals surface area contributed by atoms with E-state index in [0.717, 1.165) is 18.4 Å². The lowest BCUT2D eigenvalue weighted by Crippen LogP contribution is -2.39. The minimum Gasteiger partial charge on any atom is -0.325 e. The zero-order valence-corrected chi connectivity index (χ0v) is 9.76. The number of nitrogens with two attached hydrogens (primary N) is 1. The van der Waals surface area contributed by atoms with Crippen molar-refractivity contribution in [3.63, 3.8) is 0 Å². The van der Waals surface area contributed by atoms with Gasteiger partial charge in [0.25, 0.3) is 0 Å². The fraction of sp³-hybridized carbons (Fsp3) is 0.538. The minimum atomic E-state index is -0.248. The normalized spacial score (nSPS) is 15.3. The Kier molecular flexibility index (Phi) is 3.86. The summed E-state index contributed by atoms with van der Waals surface area (Å²) in [5.74, 6) is 0.376. The maximum Gasteiger partial charge on any atom is 0.123 e. The average Bonchev–Trinajstić information content (AvgIpc) is 1.99. The largest absolute Gasteiger partial charge is 0.325 e. The molecule has 0 saturated heterocycles. The van der Waals surface area contributed by atoms with Crippen LogP contribution in [0.2, 0.25) is 0 Å². The van der Waals surface area contributed by atoms with E-state index in [1.54, 1.807) is 12.1 Å². The molecule has 0 aromatic heterocycles. The standard InChI is InChI=1S/C13H20FN/c1-10(2)8-13(3,15)9-11-5-4-6-12(14)7-11/h4-7,10H,8-9,15H2,1-3H3/t13-/m0/s1. The number of halogens is 1. The van der Waals surface area contributed by atoms with Crippen molar-refractivity contribution in [1.82, 2.24) is 0 Å². The quantitative estimate of drug-likeness (QED) is 0.810. The third-order valence-electron chi connectivity index (χ3n) is 2.37.